The fraction of sp³-hybridized carbons (Fsp3) is 0.625. The Bertz CT molecular complexity index is 419. The lowest BCUT2D eigenvalue weighted by molar-refractivity contribution is 0.0605. The molecule has 0 amide bonds. The SMILES string of the molecule is CCNC(CC1CCOCC1)c1ccc(Br)cc1OC. The highest BCUT2D eigenvalue weighted by atomic mass is 79.9. The summed E-state index contributed by atoms with van der Waals surface area (Å²) in [4.78, 5) is 0. The molecular formula is C16H24BrNO2. The van der Waals surface area contributed by atoms with Crippen LogP contribution in [0.25, 0.3) is 0 Å². The Morgan fingerprint density at radius 1 is 1.40 bits per heavy atom. The minimum atomic E-state index is 0.353. The van der Waals surface area contributed by atoms with Gasteiger partial charge in [0.05, 0.1) is 7.11 Å². The Morgan fingerprint density at radius 2 is 2.15 bits per heavy atom. The third kappa shape index (κ3) is 4.21. The molecule has 112 valence electrons. The molecule has 0 bridgehead atoms. The quantitative estimate of drug-likeness (QED) is 0.850. The molecule has 1 N–H and O–H groups in total. The predicted octanol–water partition coefficient (Wildman–Crippen LogP) is 3.93. The lowest BCUT2D eigenvalue weighted by Gasteiger charge is -2.28. The van der Waals surface area contributed by atoms with Crippen molar-refractivity contribution in [3.8, 4) is 5.75 Å². The molecule has 1 fully saturated rings. The maximum atomic E-state index is 5.55. The van der Waals surface area contributed by atoms with E-state index in [1.54, 1.807) is 7.11 Å². The third-order valence-corrected chi connectivity index (χ3v) is 4.42. The number of benzene rings is 1. The minimum absolute atomic E-state index is 0.353. The molecule has 1 saturated heterocycles. The van der Waals surface area contributed by atoms with Crippen molar-refractivity contribution in [1.29, 1.82) is 0 Å². The maximum absolute atomic E-state index is 5.55. The number of nitrogens with one attached hydrogen (secondary N) is 1. The molecule has 3 nitrogen and oxygen atoms in total. The van der Waals surface area contributed by atoms with Crippen molar-refractivity contribution >= 4 is 15.9 Å². The minimum Gasteiger partial charge on any atom is -0.496 e. The van der Waals surface area contributed by atoms with E-state index in [4.69, 9.17) is 9.47 Å². The summed E-state index contributed by atoms with van der Waals surface area (Å²) in [6.07, 6.45) is 3.48. The molecule has 1 aliphatic heterocycles. The van der Waals surface area contributed by atoms with Crippen molar-refractivity contribution in [3.05, 3.63) is 28.2 Å². The smallest absolute Gasteiger partial charge is 0.124 e. The van der Waals surface area contributed by atoms with Gasteiger partial charge in [0.25, 0.3) is 0 Å². The molecule has 0 spiro atoms. The topological polar surface area (TPSA) is 30.5 Å². The number of rotatable bonds is 6. The van der Waals surface area contributed by atoms with E-state index in [-0.39, 0.29) is 0 Å². The van der Waals surface area contributed by atoms with Crippen LogP contribution < -0.4 is 10.1 Å². The van der Waals surface area contributed by atoms with Gasteiger partial charge in [0.1, 0.15) is 5.75 Å². The first-order valence-electron chi connectivity index (χ1n) is 7.39. The average molecular weight is 342 g/mol. The highest BCUT2D eigenvalue weighted by Gasteiger charge is 2.22. The van der Waals surface area contributed by atoms with Crippen LogP contribution in [0.1, 0.15) is 37.8 Å². The number of ether oxygens (including phenoxy) is 2. The van der Waals surface area contributed by atoms with Crippen LogP contribution >= 0.6 is 15.9 Å². The normalized spacial score (nSPS) is 17.9. The van der Waals surface area contributed by atoms with Gasteiger partial charge >= 0.3 is 0 Å². The van der Waals surface area contributed by atoms with Crippen LogP contribution in [0.5, 0.6) is 5.75 Å². The van der Waals surface area contributed by atoms with Crippen LogP contribution in [0.4, 0.5) is 0 Å². The van der Waals surface area contributed by atoms with E-state index in [0.29, 0.717) is 6.04 Å². The van der Waals surface area contributed by atoms with Crippen molar-refractivity contribution in [2.24, 2.45) is 5.92 Å². The van der Waals surface area contributed by atoms with E-state index in [1.165, 1.54) is 18.4 Å². The largest absolute Gasteiger partial charge is 0.496 e. The summed E-state index contributed by atoms with van der Waals surface area (Å²) in [7, 11) is 1.74. The van der Waals surface area contributed by atoms with Gasteiger partial charge in [0.15, 0.2) is 0 Å². The maximum Gasteiger partial charge on any atom is 0.124 e. The standard InChI is InChI=1S/C16H24BrNO2/c1-3-18-15(10-12-6-8-20-9-7-12)14-5-4-13(17)11-16(14)19-2/h4-5,11-12,15,18H,3,6-10H2,1-2H3. The first-order valence-corrected chi connectivity index (χ1v) is 8.18. The summed E-state index contributed by atoms with van der Waals surface area (Å²) in [5.74, 6) is 1.69. The molecule has 4 heteroatoms. The monoisotopic (exact) mass is 341 g/mol. The third-order valence-electron chi connectivity index (χ3n) is 3.93. The van der Waals surface area contributed by atoms with Crippen LogP contribution in [0, 0.1) is 5.92 Å². The summed E-state index contributed by atoms with van der Waals surface area (Å²) in [5, 5.41) is 3.60. The Morgan fingerprint density at radius 3 is 2.80 bits per heavy atom. The fourth-order valence-corrected chi connectivity index (χ4v) is 3.20. The fourth-order valence-electron chi connectivity index (χ4n) is 2.85. The number of halogens is 1. The second-order valence-corrected chi connectivity index (χ2v) is 6.20. The van der Waals surface area contributed by atoms with Gasteiger partial charge < -0.3 is 14.8 Å². The van der Waals surface area contributed by atoms with E-state index in [9.17, 15) is 0 Å². The van der Waals surface area contributed by atoms with E-state index >= 15 is 0 Å². The van der Waals surface area contributed by atoms with Crippen molar-refractivity contribution < 1.29 is 9.47 Å². The Hall–Kier alpha value is -0.580. The van der Waals surface area contributed by atoms with Crippen molar-refractivity contribution in [3.63, 3.8) is 0 Å². The molecule has 1 unspecified atom stereocenters. The molecule has 20 heavy (non-hydrogen) atoms. The Labute approximate surface area is 130 Å². The van der Waals surface area contributed by atoms with E-state index < -0.39 is 0 Å². The first kappa shape index (κ1) is 15.8. The summed E-state index contributed by atoms with van der Waals surface area (Å²) in [6.45, 7) is 4.93. The summed E-state index contributed by atoms with van der Waals surface area (Å²) >= 11 is 3.51. The summed E-state index contributed by atoms with van der Waals surface area (Å²) < 4.78 is 12.1. The van der Waals surface area contributed by atoms with Gasteiger partial charge in [-0.1, -0.05) is 28.9 Å². The predicted molar refractivity (Wildman–Crippen MR) is 85.3 cm³/mol. The van der Waals surface area contributed by atoms with Gasteiger partial charge in [-0.3, -0.25) is 0 Å². The molecule has 1 aromatic carbocycles. The molecule has 0 aromatic heterocycles. The van der Waals surface area contributed by atoms with E-state index in [1.807, 2.05) is 6.07 Å². The Kier molecular flexibility index (Phi) is 6.33. The molecule has 1 aromatic rings. The average Bonchev–Trinajstić information content (AvgIpc) is 2.48. The molecule has 1 aliphatic rings. The zero-order valence-electron chi connectivity index (χ0n) is 12.3. The van der Waals surface area contributed by atoms with Crippen LogP contribution in [-0.4, -0.2) is 26.9 Å². The molecule has 1 heterocycles. The van der Waals surface area contributed by atoms with Crippen molar-refractivity contribution in [1.82, 2.24) is 5.32 Å². The van der Waals surface area contributed by atoms with Crippen LogP contribution in [-0.2, 0) is 4.74 Å². The van der Waals surface area contributed by atoms with Gasteiger partial charge in [-0.05, 0) is 43.9 Å². The van der Waals surface area contributed by atoms with Gasteiger partial charge in [0.2, 0.25) is 0 Å². The molecule has 2 rings (SSSR count). The number of hydrogen-bond acceptors (Lipinski definition) is 3. The van der Waals surface area contributed by atoms with Gasteiger partial charge in [0, 0.05) is 29.3 Å². The molecule has 0 aliphatic carbocycles. The van der Waals surface area contributed by atoms with Gasteiger partial charge in [-0.25, -0.2) is 0 Å². The summed E-state index contributed by atoms with van der Waals surface area (Å²) in [5.41, 5.74) is 1.25. The second kappa shape index (κ2) is 8.01. The Balaban J connectivity index is 2.14. The van der Waals surface area contributed by atoms with E-state index in [2.05, 4.69) is 40.3 Å². The van der Waals surface area contributed by atoms with E-state index in [0.717, 1.165) is 42.3 Å². The molecular weight excluding hydrogens is 318 g/mol. The zero-order valence-corrected chi connectivity index (χ0v) is 13.9. The van der Waals surface area contributed by atoms with Crippen LogP contribution in [0.2, 0.25) is 0 Å². The van der Waals surface area contributed by atoms with Crippen molar-refractivity contribution in [2.45, 2.75) is 32.2 Å². The highest BCUT2D eigenvalue weighted by molar-refractivity contribution is 9.10. The molecule has 0 saturated carbocycles. The van der Waals surface area contributed by atoms with Crippen LogP contribution in [0.3, 0.4) is 0 Å². The second-order valence-electron chi connectivity index (χ2n) is 5.29. The van der Waals surface area contributed by atoms with Crippen LogP contribution in [0.15, 0.2) is 22.7 Å². The molecule has 1 atom stereocenters. The summed E-state index contributed by atoms with van der Waals surface area (Å²) in [6, 6.07) is 6.65. The zero-order chi connectivity index (χ0) is 14.4. The van der Waals surface area contributed by atoms with Gasteiger partial charge in [-0.2, -0.15) is 0 Å². The number of hydrogen-bond donors (Lipinski definition) is 1. The lowest BCUT2D eigenvalue weighted by Crippen LogP contribution is -2.26. The van der Waals surface area contributed by atoms with Gasteiger partial charge in [-0.15, -0.1) is 0 Å². The van der Waals surface area contributed by atoms with Crippen molar-refractivity contribution in [2.75, 3.05) is 26.9 Å². The highest BCUT2D eigenvalue weighted by Crippen LogP contribution is 2.34. The number of methoxy groups -OCH3 is 1. The molecule has 0 radical (unpaired) electrons. The first-order chi connectivity index (χ1) is 9.74. The lowest BCUT2D eigenvalue weighted by atomic mass is 9.89.